The smallest absolute Gasteiger partial charge is 0.116 e. The van der Waals surface area contributed by atoms with Crippen LogP contribution < -0.4 is 21.2 Å². The van der Waals surface area contributed by atoms with Crippen molar-refractivity contribution in [2.75, 3.05) is 38.1 Å². The van der Waals surface area contributed by atoms with Gasteiger partial charge < -0.3 is 20.5 Å². The second kappa shape index (κ2) is 9.15. The van der Waals surface area contributed by atoms with Crippen LogP contribution in [0.15, 0.2) is 49.1 Å². The number of fused-ring (bicyclic) bond motifs is 1. The van der Waals surface area contributed by atoms with Crippen LogP contribution in [0.5, 0.6) is 0 Å². The molecule has 5 rings (SSSR count). The molecule has 3 aromatic heterocycles. The van der Waals surface area contributed by atoms with E-state index in [0.29, 0.717) is 0 Å². The van der Waals surface area contributed by atoms with Crippen LogP contribution in [0, 0.1) is 0 Å². The minimum atomic E-state index is 0.718. The normalized spacial score (nSPS) is 16.7. The Morgan fingerprint density at radius 1 is 1.12 bits per heavy atom. The Morgan fingerprint density at radius 2 is 1.94 bits per heavy atom. The summed E-state index contributed by atoms with van der Waals surface area (Å²) in [4.78, 5) is 17.1. The fourth-order valence-corrected chi connectivity index (χ4v) is 4.64. The van der Waals surface area contributed by atoms with E-state index in [0.717, 1.165) is 64.9 Å². The van der Waals surface area contributed by atoms with Crippen molar-refractivity contribution in [3.63, 3.8) is 0 Å². The molecule has 0 atom stereocenters. The fourth-order valence-electron chi connectivity index (χ4n) is 4.64. The van der Waals surface area contributed by atoms with Crippen molar-refractivity contribution in [1.29, 1.82) is 0 Å². The number of aromatic amines is 1. The predicted octanol–water partition coefficient (Wildman–Crippen LogP) is 1.69. The Hall–Kier alpha value is -3.91. The first kappa shape index (κ1) is 21.9. The number of H-pyrrole nitrogens is 1. The highest BCUT2D eigenvalue weighted by atomic mass is 15.3. The summed E-state index contributed by atoms with van der Waals surface area (Å²) in [5.74, 6) is 0. The maximum atomic E-state index is 6.00. The number of anilines is 1. The summed E-state index contributed by atoms with van der Waals surface area (Å²) in [5.41, 5.74) is 11.7. The Balaban J connectivity index is 1.65. The molecule has 1 aromatic carbocycles. The lowest BCUT2D eigenvalue weighted by Gasteiger charge is -2.34. The molecule has 4 aromatic rings. The van der Waals surface area contributed by atoms with E-state index in [1.807, 2.05) is 24.7 Å². The molecule has 0 spiro atoms. The van der Waals surface area contributed by atoms with Gasteiger partial charge in [0.1, 0.15) is 5.69 Å². The summed E-state index contributed by atoms with van der Waals surface area (Å²) >= 11 is 0. The number of aromatic nitrogens is 5. The standard InChI is InChI=1S/C26H30N8/c1-4-24-20(14-18(16-27)23-17-28-8-9-29-23)26(31-33(24)3)22-15-19-21(30-22)6-5-7-25(19)34-12-10-32(2)11-13-34/h4-9,14-17,30H,10-13,27H2,1-3H3/b18-16+,20-14+,24-4-. The Morgan fingerprint density at radius 3 is 2.65 bits per heavy atom. The monoisotopic (exact) mass is 454 g/mol. The van der Waals surface area contributed by atoms with Gasteiger partial charge in [-0.05, 0) is 38.2 Å². The van der Waals surface area contributed by atoms with E-state index in [-0.39, 0.29) is 0 Å². The highest BCUT2D eigenvalue weighted by molar-refractivity contribution is 5.96. The lowest BCUT2D eigenvalue weighted by molar-refractivity contribution is 0.313. The molecule has 1 fully saturated rings. The van der Waals surface area contributed by atoms with Crippen molar-refractivity contribution >= 4 is 34.3 Å². The topological polar surface area (TPSA) is 91.9 Å². The molecule has 3 N–H and O–H groups in total. The number of hydrogen-bond acceptors (Lipinski definition) is 6. The highest BCUT2D eigenvalue weighted by Crippen LogP contribution is 2.30. The molecule has 0 amide bonds. The minimum absolute atomic E-state index is 0.718. The zero-order valence-electron chi connectivity index (χ0n) is 19.9. The number of allylic oxidation sites excluding steroid dienone is 1. The van der Waals surface area contributed by atoms with Gasteiger partial charge in [-0.25, -0.2) is 0 Å². The molecule has 1 aliphatic heterocycles. The van der Waals surface area contributed by atoms with E-state index in [1.54, 1.807) is 24.8 Å². The molecule has 174 valence electrons. The summed E-state index contributed by atoms with van der Waals surface area (Å²) in [7, 11) is 4.14. The van der Waals surface area contributed by atoms with Crippen LogP contribution in [0.25, 0.3) is 40.0 Å². The van der Waals surface area contributed by atoms with E-state index in [1.165, 1.54) is 11.1 Å². The van der Waals surface area contributed by atoms with Crippen LogP contribution in [0.1, 0.15) is 12.6 Å². The van der Waals surface area contributed by atoms with Crippen molar-refractivity contribution < 1.29 is 0 Å². The second-order valence-corrected chi connectivity index (χ2v) is 8.63. The summed E-state index contributed by atoms with van der Waals surface area (Å²) in [6.07, 6.45) is 10.7. The van der Waals surface area contributed by atoms with Crippen LogP contribution in [-0.4, -0.2) is 62.9 Å². The molecule has 0 bridgehead atoms. The third-order valence-electron chi connectivity index (χ3n) is 6.48. The van der Waals surface area contributed by atoms with E-state index in [4.69, 9.17) is 10.8 Å². The quantitative estimate of drug-likeness (QED) is 0.488. The fraction of sp³-hybridized carbons (Fsp3) is 0.269. The lowest BCUT2D eigenvalue weighted by Crippen LogP contribution is -2.44. The Kier molecular flexibility index (Phi) is 5.90. The minimum Gasteiger partial charge on any atom is -0.404 e. The third-order valence-corrected chi connectivity index (χ3v) is 6.48. The summed E-state index contributed by atoms with van der Waals surface area (Å²) in [5, 5.41) is 8.09. The van der Waals surface area contributed by atoms with Gasteiger partial charge in [0.25, 0.3) is 0 Å². The first-order chi connectivity index (χ1) is 16.6. The Labute approximate surface area is 198 Å². The number of aryl methyl sites for hydroxylation is 1. The van der Waals surface area contributed by atoms with Gasteiger partial charge in [0.2, 0.25) is 0 Å². The molecule has 0 radical (unpaired) electrons. The zero-order chi connectivity index (χ0) is 23.7. The highest BCUT2D eigenvalue weighted by Gasteiger charge is 2.18. The van der Waals surface area contributed by atoms with Crippen molar-refractivity contribution in [2.45, 2.75) is 6.92 Å². The number of piperazine rings is 1. The van der Waals surface area contributed by atoms with Gasteiger partial charge in [0, 0.05) is 79.2 Å². The van der Waals surface area contributed by atoms with Crippen LogP contribution in [0.2, 0.25) is 0 Å². The van der Waals surface area contributed by atoms with E-state index in [2.05, 4.69) is 62.1 Å². The van der Waals surface area contributed by atoms with Crippen molar-refractivity contribution in [2.24, 2.45) is 12.8 Å². The maximum absolute atomic E-state index is 6.00. The molecule has 8 nitrogen and oxygen atoms in total. The predicted molar refractivity (Wildman–Crippen MR) is 138 cm³/mol. The number of benzene rings is 1. The summed E-state index contributed by atoms with van der Waals surface area (Å²) in [6, 6.07) is 8.68. The molecular weight excluding hydrogens is 424 g/mol. The molecule has 1 saturated heterocycles. The molecule has 0 saturated carbocycles. The number of nitrogens with one attached hydrogen (secondary N) is 1. The molecule has 34 heavy (non-hydrogen) atoms. The van der Waals surface area contributed by atoms with Gasteiger partial charge in [-0.3, -0.25) is 14.6 Å². The van der Waals surface area contributed by atoms with Gasteiger partial charge in [-0.1, -0.05) is 12.1 Å². The van der Waals surface area contributed by atoms with Crippen LogP contribution in [-0.2, 0) is 7.05 Å². The van der Waals surface area contributed by atoms with Crippen LogP contribution in [0.4, 0.5) is 5.69 Å². The zero-order valence-corrected chi connectivity index (χ0v) is 19.9. The van der Waals surface area contributed by atoms with Crippen molar-refractivity contribution in [1.82, 2.24) is 29.6 Å². The van der Waals surface area contributed by atoms with E-state index >= 15 is 0 Å². The third kappa shape index (κ3) is 3.97. The molecule has 8 heteroatoms. The average molecular weight is 455 g/mol. The molecule has 1 aliphatic rings. The molecule has 0 unspecified atom stereocenters. The first-order valence-corrected chi connectivity index (χ1v) is 11.5. The summed E-state index contributed by atoms with van der Waals surface area (Å²) in [6.45, 7) is 6.20. The number of likely N-dealkylation sites (N-methyl/N-ethyl adjacent to an activating group) is 1. The first-order valence-electron chi connectivity index (χ1n) is 11.5. The van der Waals surface area contributed by atoms with E-state index in [9.17, 15) is 0 Å². The number of nitrogens with two attached hydrogens (primary N) is 1. The van der Waals surface area contributed by atoms with Crippen molar-refractivity contribution in [3.05, 3.63) is 65.3 Å². The van der Waals surface area contributed by atoms with Gasteiger partial charge in [-0.2, -0.15) is 5.10 Å². The SMILES string of the molecule is C/C=c1/c(=C\C(=C/N)c2cnccn2)c(-c2cc3c(N4CCN(C)CC4)cccc3[nH]2)nn1C. The number of hydrogen-bond donors (Lipinski definition) is 2. The van der Waals surface area contributed by atoms with Gasteiger partial charge >= 0.3 is 0 Å². The molecule has 4 heterocycles. The van der Waals surface area contributed by atoms with Crippen molar-refractivity contribution in [3.8, 4) is 11.4 Å². The maximum Gasteiger partial charge on any atom is 0.116 e. The average Bonchev–Trinajstić information content (AvgIpc) is 3.43. The number of nitrogens with zero attached hydrogens (tertiary/aromatic N) is 6. The molecular formula is C26H30N8. The largest absolute Gasteiger partial charge is 0.404 e. The van der Waals surface area contributed by atoms with Gasteiger partial charge in [-0.15, -0.1) is 0 Å². The van der Waals surface area contributed by atoms with Gasteiger partial charge in [0.05, 0.1) is 22.9 Å². The van der Waals surface area contributed by atoms with Gasteiger partial charge in [0.15, 0.2) is 0 Å². The second-order valence-electron chi connectivity index (χ2n) is 8.63. The summed E-state index contributed by atoms with van der Waals surface area (Å²) < 4.78 is 1.90. The Bertz CT molecular complexity index is 1450. The molecule has 0 aliphatic carbocycles. The van der Waals surface area contributed by atoms with Crippen LogP contribution in [0.3, 0.4) is 0 Å². The van der Waals surface area contributed by atoms with E-state index < -0.39 is 0 Å². The van der Waals surface area contributed by atoms with Crippen LogP contribution >= 0.6 is 0 Å². The number of rotatable bonds is 4. The lowest BCUT2D eigenvalue weighted by atomic mass is 10.1.